The Morgan fingerprint density at radius 2 is 2.10 bits per heavy atom. The maximum Gasteiger partial charge on any atom is 0.261 e. The molecule has 1 amide bonds. The Balaban J connectivity index is 1.66. The number of aromatic nitrogens is 2. The Morgan fingerprint density at radius 1 is 1.29 bits per heavy atom. The van der Waals surface area contributed by atoms with Gasteiger partial charge in [0, 0.05) is 5.56 Å². The third-order valence-corrected chi connectivity index (χ3v) is 3.98. The molecule has 0 aliphatic heterocycles. The fraction of sp³-hybridized carbons (Fsp3) is 0.133. The number of thiophene rings is 1. The van der Waals surface area contributed by atoms with Crippen LogP contribution < -0.4 is 5.32 Å². The SMILES string of the molecule is Cc1ccsc1C(=O)NCc1noc(-c2ccccc2)n1. The summed E-state index contributed by atoms with van der Waals surface area (Å²) in [5, 5.41) is 8.56. The Morgan fingerprint density at radius 3 is 2.81 bits per heavy atom. The van der Waals surface area contributed by atoms with Gasteiger partial charge in [-0.25, -0.2) is 0 Å². The quantitative estimate of drug-likeness (QED) is 0.804. The van der Waals surface area contributed by atoms with Crippen molar-refractivity contribution in [2.24, 2.45) is 0 Å². The molecule has 6 heteroatoms. The molecule has 0 spiro atoms. The zero-order chi connectivity index (χ0) is 14.7. The first-order valence-electron chi connectivity index (χ1n) is 6.44. The third kappa shape index (κ3) is 3.00. The van der Waals surface area contributed by atoms with E-state index in [4.69, 9.17) is 4.52 Å². The van der Waals surface area contributed by atoms with Crippen LogP contribution in [0.1, 0.15) is 21.1 Å². The van der Waals surface area contributed by atoms with Crippen molar-refractivity contribution in [3.63, 3.8) is 0 Å². The van der Waals surface area contributed by atoms with Crippen molar-refractivity contribution in [3.05, 3.63) is 58.0 Å². The van der Waals surface area contributed by atoms with Crippen LogP contribution in [0.3, 0.4) is 0 Å². The number of nitrogens with zero attached hydrogens (tertiary/aromatic N) is 2. The number of carbonyl (C=O) groups is 1. The number of rotatable bonds is 4. The standard InChI is InChI=1S/C15H13N3O2S/c1-10-7-8-21-13(10)14(19)16-9-12-17-15(20-18-12)11-5-3-2-4-6-11/h2-8H,9H2,1H3,(H,16,19). The summed E-state index contributed by atoms with van der Waals surface area (Å²) in [4.78, 5) is 17.0. The molecule has 2 heterocycles. The molecule has 0 aliphatic rings. The van der Waals surface area contributed by atoms with Crippen LogP contribution in [0.4, 0.5) is 0 Å². The highest BCUT2D eigenvalue weighted by molar-refractivity contribution is 7.12. The smallest absolute Gasteiger partial charge is 0.261 e. The topological polar surface area (TPSA) is 68.0 Å². The molecule has 1 aromatic carbocycles. The van der Waals surface area contributed by atoms with E-state index in [0.29, 0.717) is 16.6 Å². The summed E-state index contributed by atoms with van der Waals surface area (Å²) in [6.45, 7) is 2.15. The van der Waals surface area contributed by atoms with Gasteiger partial charge < -0.3 is 9.84 Å². The summed E-state index contributed by atoms with van der Waals surface area (Å²) in [6, 6.07) is 11.4. The van der Waals surface area contributed by atoms with Crippen LogP contribution in [-0.2, 0) is 6.54 Å². The fourth-order valence-corrected chi connectivity index (χ4v) is 2.71. The average molecular weight is 299 g/mol. The molecule has 106 valence electrons. The van der Waals surface area contributed by atoms with Gasteiger partial charge in [0.2, 0.25) is 0 Å². The van der Waals surface area contributed by atoms with Crippen LogP contribution in [0.2, 0.25) is 0 Å². The predicted molar refractivity (Wildman–Crippen MR) is 80.0 cm³/mol. The highest BCUT2D eigenvalue weighted by Gasteiger charge is 2.12. The lowest BCUT2D eigenvalue weighted by molar-refractivity contribution is 0.0953. The number of aryl methyl sites for hydroxylation is 1. The predicted octanol–water partition coefficient (Wildman–Crippen LogP) is 3.04. The van der Waals surface area contributed by atoms with E-state index in [1.807, 2.05) is 48.7 Å². The fourth-order valence-electron chi connectivity index (χ4n) is 1.87. The van der Waals surface area contributed by atoms with Crippen molar-refractivity contribution >= 4 is 17.2 Å². The van der Waals surface area contributed by atoms with Crippen molar-refractivity contribution in [3.8, 4) is 11.5 Å². The van der Waals surface area contributed by atoms with Gasteiger partial charge in [-0.1, -0.05) is 23.4 Å². The summed E-state index contributed by atoms with van der Waals surface area (Å²) < 4.78 is 5.19. The lowest BCUT2D eigenvalue weighted by atomic mass is 10.2. The molecule has 1 N–H and O–H groups in total. The molecule has 0 saturated carbocycles. The zero-order valence-electron chi connectivity index (χ0n) is 11.4. The summed E-state index contributed by atoms with van der Waals surface area (Å²) in [5.41, 5.74) is 1.83. The molecule has 0 atom stereocenters. The van der Waals surface area contributed by atoms with E-state index in [-0.39, 0.29) is 12.5 Å². The van der Waals surface area contributed by atoms with E-state index in [1.165, 1.54) is 11.3 Å². The second kappa shape index (κ2) is 5.88. The lowest BCUT2D eigenvalue weighted by Gasteiger charge is -2.00. The van der Waals surface area contributed by atoms with Gasteiger partial charge in [-0.2, -0.15) is 4.98 Å². The van der Waals surface area contributed by atoms with Crippen molar-refractivity contribution in [2.75, 3.05) is 0 Å². The van der Waals surface area contributed by atoms with E-state index >= 15 is 0 Å². The average Bonchev–Trinajstić information content (AvgIpc) is 3.15. The van der Waals surface area contributed by atoms with Gasteiger partial charge in [-0.3, -0.25) is 4.79 Å². The lowest BCUT2D eigenvalue weighted by Crippen LogP contribution is -2.23. The Labute approximate surface area is 125 Å². The highest BCUT2D eigenvalue weighted by Crippen LogP contribution is 2.17. The zero-order valence-corrected chi connectivity index (χ0v) is 12.2. The van der Waals surface area contributed by atoms with Crippen LogP contribution in [0.5, 0.6) is 0 Å². The largest absolute Gasteiger partial charge is 0.344 e. The molecule has 21 heavy (non-hydrogen) atoms. The number of hydrogen-bond donors (Lipinski definition) is 1. The second-order valence-corrected chi connectivity index (χ2v) is 5.41. The number of benzene rings is 1. The summed E-state index contributed by atoms with van der Waals surface area (Å²) >= 11 is 1.42. The van der Waals surface area contributed by atoms with Crippen LogP contribution >= 0.6 is 11.3 Å². The van der Waals surface area contributed by atoms with Crippen molar-refractivity contribution in [1.82, 2.24) is 15.5 Å². The third-order valence-electron chi connectivity index (χ3n) is 2.96. The van der Waals surface area contributed by atoms with Crippen molar-refractivity contribution in [1.29, 1.82) is 0 Å². The van der Waals surface area contributed by atoms with Gasteiger partial charge in [-0.05, 0) is 36.1 Å². The minimum Gasteiger partial charge on any atom is -0.344 e. The van der Waals surface area contributed by atoms with E-state index in [9.17, 15) is 4.79 Å². The highest BCUT2D eigenvalue weighted by atomic mass is 32.1. The first-order valence-corrected chi connectivity index (χ1v) is 7.32. The summed E-state index contributed by atoms with van der Waals surface area (Å²) in [6.07, 6.45) is 0. The molecule has 0 fully saturated rings. The van der Waals surface area contributed by atoms with Crippen LogP contribution in [-0.4, -0.2) is 16.0 Å². The summed E-state index contributed by atoms with van der Waals surface area (Å²) in [5.74, 6) is 0.789. The van der Waals surface area contributed by atoms with Crippen molar-refractivity contribution in [2.45, 2.75) is 13.5 Å². The molecule has 3 aromatic rings. The van der Waals surface area contributed by atoms with E-state index in [0.717, 1.165) is 11.1 Å². The van der Waals surface area contributed by atoms with Gasteiger partial charge in [0.05, 0.1) is 11.4 Å². The number of hydrogen-bond acceptors (Lipinski definition) is 5. The Bertz CT molecular complexity index is 749. The van der Waals surface area contributed by atoms with Gasteiger partial charge in [0.25, 0.3) is 11.8 Å². The van der Waals surface area contributed by atoms with Gasteiger partial charge in [-0.15, -0.1) is 11.3 Å². The molecular weight excluding hydrogens is 286 g/mol. The maximum absolute atomic E-state index is 12.0. The van der Waals surface area contributed by atoms with E-state index in [1.54, 1.807) is 0 Å². The molecule has 0 saturated heterocycles. The number of carbonyl (C=O) groups excluding carboxylic acids is 1. The van der Waals surface area contributed by atoms with Crippen LogP contribution in [0, 0.1) is 6.92 Å². The molecule has 2 aromatic heterocycles. The Kier molecular flexibility index (Phi) is 3.79. The van der Waals surface area contributed by atoms with Gasteiger partial charge in [0.15, 0.2) is 5.82 Å². The molecular formula is C15H13N3O2S. The summed E-state index contributed by atoms with van der Waals surface area (Å²) in [7, 11) is 0. The van der Waals surface area contributed by atoms with Gasteiger partial charge in [0.1, 0.15) is 0 Å². The van der Waals surface area contributed by atoms with Crippen LogP contribution in [0.15, 0.2) is 46.3 Å². The van der Waals surface area contributed by atoms with E-state index < -0.39 is 0 Å². The van der Waals surface area contributed by atoms with E-state index in [2.05, 4.69) is 15.5 Å². The molecule has 0 radical (unpaired) electrons. The van der Waals surface area contributed by atoms with Crippen LogP contribution in [0.25, 0.3) is 11.5 Å². The molecule has 0 aliphatic carbocycles. The number of nitrogens with one attached hydrogen (secondary N) is 1. The molecule has 0 bridgehead atoms. The number of amides is 1. The van der Waals surface area contributed by atoms with Gasteiger partial charge >= 0.3 is 0 Å². The second-order valence-electron chi connectivity index (χ2n) is 4.50. The molecule has 5 nitrogen and oxygen atoms in total. The molecule has 0 unspecified atom stereocenters. The Hall–Kier alpha value is -2.47. The minimum atomic E-state index is -0.117. The maximum atomic E-state index is 12.0. The minimum absolute atomic E-state index is 0.117. The van der Waals surface area contributed by atoms with Crippen molar-refractivity contribution < 1.29 is 9.32 Å². The first-order chi connectivity index (χ1) is 10.2. The first kappa shape index (κ1) is 13.5. The monoisotopic (exact) mass is 299 g/mol. The molecule has 3 rings (SSSR count). The normalized spacial score (nSPS) is 10.5.